The molecule has 1 aromatic carbocycles. The Labute approximate surface area is 154 Å². The predicted octanol–water partition coefficient (Wildman–Crippen LogP) is 3.10. The third kappa shape index (κ3) is 4.69. The number of hydrogen-bond acceptors (Lipinski definition) is 3. The van der Waals surface area contributed by atoms with Gasteiger partial charge in [0.05, 0.1) is 0 Å². The van der Waals surface area contributed by atoms with E-state index in [-0.39, 0.29) is 17.8 Å². The molecule has 1 amide bonds. The smallest absolute Gasteiger partial charge is 0.244 e. The number of likely N-dealkylation sites (tertiary alicyclic amines) is 1. The van der Waals surface area contributed by atoms with Crippen molar-refractivity contribution in [2.75, 3.05) is 26.7 Å². The molecule has 0 N–H and O–H groups in total. The van der Waals surface area contributed by atoms with Crippen LogP contribution < -0.4 is 0 Å². The molecular formula is C20H27FN4O. The van der Waals surface area contributed by atoms with E-state index in [4.69, 9.17) is 0 Å². The second-order valence-corrected chi connectivity index (χ2v) is 6.93. The molecule has 0 aliphatic carbocycles. The highest BCUT2D eigenvalue weighted by Crippen LogP contribution is 2.26. The molecule has 0 bridgehead atoms. The van der Waals surface area contributed by atoms with Gasteiger partial charge in [0, 0.05) is 32.5 Å². The van der Waals surface area contributed by atoms with Gasteiger partial charge in [0.2, 0.25) is 5.91 Å². The van der Waals surface area contributed by atoms with Crippen LogP contribution in [0.25, 0.3) is 0 Å². The molecule has 0 radical (unpaired) electrons. The molecule has 5 nitrogen and oxygen atoms in total. The van der Waals surface area contributed by atoms with Gasteiger partial charge in [-0.2, -0.15) is 5.10 Å². The number of piperidine rings is 1. The fourth-order valence-electron chi connectivity index (χ4n) is 3.55. The molecule has 0 spiro atoms. The lowest BCUT2D eigenvalue weighted by atomic mass is 10.0. The van der Waals surface area contributed by atoms with Crippen molar-refractivity contribution in [3.63, 3.8) is 0 Å². The number of aromatic nitrogens is 2. The molecule has 1 saturated heterocycles. The first-order valence-electron chi connectivity index (χ1n) is 9.37. The van der Waals surface area contributed by atoms with Gasteiger partial charge in [-0.1, -0.05) is 18.6 Å². The average Bonchev–Trinajstić information content (AvgIpc) is 3.18. The Morgan fingerprint density at radius 2 is 1.96 bits per heavy atom. The molecule has 0 saturated carbocycles. The zero-order valence-electron chi connectivity index (χ0n) is 15.4. The summed E-state index contributed by atoms with van der Waals surface area (Å²) >= 11 is 0. The minimum Gasteiger partial charge on any atom is -0.344 e. The number of halogens is 1. The first-order valence-corrected chi connectivity index (χ1v) is 9.37. The van der Waals surface area contributed by atoms with E-state index in [0.29, 0.717) is 6.54 Å². The number of hydrogen-bond donors (Lipinski definition) is 0. The Hall–Kier alpha value is -2.21. The summed E-state index contributed by atoms with van der Waals surface area (Å²) in [5, 5.41) is 4.19. The van der Waals surface area contributed by atoms with Crippen molar-refractivity contribution in [2.45, 2.75) is 38.3 Å². The van der Waals surface area contributed by atoms with Gasteiger partial charge in [-0.05, 0) is 56.1 Å². The summed E-state index contributed by atoms with van der Waals surface area (Å²) in [5.41, 5.74) is 0.872. The monoisotopic (exact) mass is 358 g/mol. The van der Waals surface area contributed by atoms with Gasteiger partial charge >= 0.3 is 0 Å². The van der Waals surface area contributed by atoms with Gasteiger partial charge in [-0.25, -0.2) is 4.39 Å². The lowest BCUT2D eigenvalue weighted by Gasteiger charge is -2.36. The van der Waals surface area contributed by atoms with E-state index in [1.807, 2.05) is 24.0 Å². The number of carbonyl (C=O) groups excluding carboxylic acids is 1. The van der Waals surface area contributed by atoms with Crippen LogP contribution in [0.15, 0.2) is 42.7 Å². The number of amides is 1. The van der Waals surface area contributed by atoms with Crippen LogP contribution in [0.1, 0.15) is 37.3 Å². The van der Waals surface area contributed by atoms with Gasteiger partial charge in [0.25, 0.3) is 0 Å². The summed E-state index contributed by atoms with van der Waals surface area (Å²) in [6.45, 7) is 3.28. The van der Waals surface area contributed by atoms with Crippen LogP contribution in [-0.4, -0.2) is 52.2 Å². The zero-order valence-corrected chi connectivity index (χ0v) is 15.4. The summed E-state index contributed by atoms with van der Waals surface area (Å²) in [5.74, 6) is -0.190. The molecule has 6 heteroatoms. The van der Waals surface area contributed by atoms with Crippen LogP contribution in [-0.2, 0) is 11.3 Å². The highest BCUT2D eigenvalue weighted by molar-refractivity contribution is 5.83. The molecular weight excluding hydrogens is 331 g/mol. The number of carbonyl (C=O) groups is 1. The summed E-state index contributed by atoms with van der Waals surface area (Å²) in [7, 11) is 1.85. The SMILES string of the molecule is CN(CCCn1cccn1)C(=O)C(c1ccc(F)cc1)N1CCCCC1. The minimum atomic E-state index is -0.328. The third-order valence-corrected chi connectivity index (χ3v) is 4.99. The largest absolute Gasteiger partial charge is 0.344 e. The maximum atomic E-state index is 13.3. The van der Waals surface area contributed by atoms with Crippen LogP contribution in [0.3, 0.4) is 0 Å². The quantitative estimate of drug-likeness (QED) is 0.764. The molecule has 1 unspecified atom stereocenters. The third-order valence-electron chi connectivity index (χ3n) is 4.99. The number of aryl methyl sites for hydroxylation is 1. The Morgan fingerprint density at radius 1 is 1.23 bits per heavy atom. The normalized spacial score (nSPS) is 16.4. The van der Waals surface area contributed by atoms with E-state index in [9.17, 15) is 9.18 Å². The molecule has 1 fully saturated rings. The summed E-state index contributed by atoms with van der Waals surface area (Å²) in [6, 6.07) is 7.93. The Balaban J connectivity index is 1.67. The lowest BCUT2D eigenvalue weighted by Crippen LogP contribution is -2.44. The zero-order chi connectivity index (χ0) is 18.4. The van der Waals surface area contributed by atoms with Crippen LogP contribution in [0.2, 0.25) is 0 Å². The van der Waals surface area contributed by atoms with E-state index in [1.54, 1.807) is 23.2 Å². The van der Waals surface area contributed by atoms with E-state index in [2.05, 4.69) is 10.00 Å². The molecule has 140 valence electrons. The Kier molecular flexibility index (Phi) is 6.39. The van der Waals surface area contributed by atoms with Crippen LogP contribution >= 0.6 is 0 Å². The Morgan fingerprint density at radius 3 is 2.62 bits per heavy atom. The van der Waals surface area contributed by atoms with Crippen LogP contribution in [0.5, 0.6) is 0 Å². The highest BCUT2D eigenvalue weighted by Gasteiger charge is 2.30. The van der Waals surface area contributed by atoms with Crippen molar-refractivity contribution in [2.24, 2.45) is 0 Å². The molecule has 1 aliphatic rings. The first-order chi connectivity index (χ1) is 12.6. The van der Waals surface area contributed by atoms with Gasteiger partial charge in [0.15, 0.2) is 0 Å². The lowest BCUT2D eigenvalue weighted by molar-refractivity contribution is -0.136. The minimum absolute atomic E-state index is 0.0824. The van der Waals surface area contributed by atoms with E-state index in [1.165, 1.54) is 18.6 Å². The van der Waals surface area contributed by atoms with Gasteiger partial charge in [0.1, 0.15) is 11.9 Å². The summed E-state index contributed by atoms with van der Waals surface area (Å²) in [4.78, 5) is 17.2. The summed E-state index contributed by atoms with van der Waals surface area (Å²) < 4.78 is 15.2. The van der Waals surface area contributed by atoms with Gasteiger partial charge in [-0.15, -0.1) is 0 Å². The van der Waals surface area contributed by atoms with Crippen molar-refractivity contribution >= 4 is 5.91 Å². The van der Waals surface area contributed by atoms with Crippen molar-refractivity contribution in [3.8, 4) is 0 Å². The number of benzene rings is 1. The van der Waals surface area contributed by atoms with E-state index < -0.39 is 0 Å². The maximum Gasteiger partial charge on any atom is 0.244 e. The van der Waals surface area contributed by atoms with Crippen LogP contribution in [0, 0.1) is 5.82 Å². The molecule has 1 aromatic heterocycles. The summed E-state index contributed by atoms with van der Waals surface area (Å²) in [6.07, 6.45) is 7.95. The van der Waals surface area contributed by atoms with Crippen molar-refractivity contribution in [3.05, 3.63) is 54.1 Å². The standard InChI is InChI=1S/C20H27FN4O/c1-23(12-6-16-25-15-5-11-22-25)20(26)19(24-13-3-2-4-14-24)17-7-9-18(21)10-8-17/h5,7-11,15,19H,2-4,6,12-14,16H2,1H3. The van der Waals surface area contributed by atoms with E-state index >= 15 is 0 Å². The molecule has 3 rings (SSSR count). The molecule has 1 atom stereocenters. The van der Waals surface area contributed by atoms with E-state index in [0.717, 1.165) is 44.5 Å². The van der Waals surface area contributed by atoms with Gasteiger partial charge < -0.3 is 4.90 Å². The molecule has 26 heavy (non-hydrogen) atoms. The predicted molar refractivity (Wildman–Crippen MR) is 99.0 cm³/mol. The first kappa shape index (κ1) is 18.6. The second kappa shape index (κ2) is 8.94. The number of rotatable bonds is 7. The number of nitrogens with zero attached hydrogens (tertiary/aromatic N) is 4. The van der Waals surface area contributed by atoms with Crippen molar-refractivity contribution in [1.82, 2.24) is 19.6 Å². The average molecular weight is 358 g/mol. The molecule has 2 aromatic rings. The van der Waals surface area contributed by atoms with Crippen molar-refractivity contribution in [1.29, 1.82) is 0 Å². The number of likely N-dealkylation sites (N-methyl/N-ethyl adjacent to an activating group) is 1. The maximum absolute atomic E-state index is 13.3. The second-order valence-electron chi connectivity index (χ2n) is 6.93. The Bertz CT molecular complexity index is 680. The fraction of sp³-hybridized carbons (Fsp3) is 0.500. The van der Waals surface area contributed by atoms with Crippen LogP contribution in [0.4, 0.5) is 4.39 Å². The molecule has 1 aliphatic heterocycles. The fourth-order valence-corrected chi connectivity index (χ4v) is 3.55. The van der Waals surface area contributed by atoms with Gasteiger partial charge in [-0.3, -0.25) is 14.4 Å². The van der Waals surface area contributed by atoms with Crippen molar-refractivity contribution < 1.29 is 9.18 Å². The topological polar surface area (TPSA) is 41.4 Å². The molecule has 2 heterocycles. The highest BCUT2D eigenvalue weighted by atomic mass is 19.1.